The number of aromatic amines is 2. The predicted octanol–water partition coefficient (Wildman–Crippen LogP) is -2.24. The van der Waals surface area contributed by atoms with Crippen LogP contribution >= 0.6 is 0 Å². The number of fused-ring (bicyclic) bond motifs is 1. The molecule has 1 aliphatic rings. The van der Waals surface area contributed by atoms with Crippen molar-refractivity contribution in [3.63, 3.8) is 0 Å². The van der Waals surface area contributed by atoms with Crippen molar-refractivity contribution >= 4 is 17.1 Å². The molecule has 9 heteroatoms. The van der Waals surface area contributed by atoms with Crippen molar-refractivity contribution in [1.82, 2.24) is 15.0 Å². The van der Waals surface area contributed by atoms with Gasteiger partial charge in [-0.3, -0.25) is 14.8 Å². The fraction of sp³-hybridized carbons (Fsp3) is 0.500. The van der Waals surface area contributed by atoms with E-state index in [1.807, 2.05) is 0 Å². The Morgan fingerprint density at radius 2 is 2.42 bits per heavy atom. The monoisotopic (exact) mass is 268 g/mol. The maximum Gasteiger partial charge on any atom is 0.313 e. The molecule has 3 atom stereocenters. The largest absolute Gasteiger partial charge is 0.394 e. The lowest BCUT2D eigenvalue weighted by Gasteiger charge is -2.10. The summed E-state index contributed by atoms with van der Waals surface area (Å²) in [5.41, 5.74) is 5.75. The van der Waals surface area contributed by atoms with Crippen molar-refractivity contribution in [2.75, 3.05) is 12.3 Å². The van der Waals surface area contributed by atoms with Gasteiger partial charge in [-0.1, -0.05) is 4.98 Å². The smallest absolute Gasteiger partial charge is 0.313 e. The summed E-state index contributed by atoms with van der Waals surface area (Å²) in [7, 11) is 0. The van der Waals surface area contributed by atoms with E-state index in [1.165, 1.54) is 6.33 Å². The third-order valence-electron chi connectivity index (χ3n) is 3.21. The lowest BCUT2D eigenvalue weighted by Crippen LogP contribution is -2.39. The van der Waals surface area contributed by atoms with Crippen LogP contribution in [-0.4, -0.2) is 44.0 Å². The van der Waals surface area contributed by atoms with Gasteiger partial charge in [0.25, 0.3) is 11.5 Å². The van der Waals surface area contributed by atoms with E-state index in [2.05, 4.69) is 15.0 Å². The number of hydrogen-bond acceptors (Lipinski definition) is 6. The molecule has 1 saturated heterocycles. The number of nitrogens with two attached hydrogens (primary N) is 1. The number of nitrogens with zero attached hydrogens (tertiary/aromatic N) is 2. The quantitative estimate of drug-likeness (QED) is 0.390. The number of aliphatic hydroxyl groups excluding tert-OH is 2. The van der Waals surface area contributed by atoms with Gasteiger partial charge in [-0.2, -0.15) is 0 Å². The molecule has 102 valence electrons. The van der Waals surface area contributed by atoms with Gasteiger partial charge >= 0.3 is 5.65 Å². The molecule has 6 N–H and O–H groups in total. The van der Waals surface area contributed by atoms with Crippen molar-refractivity contribution in [1.29, 1.82) is 0 Å². The van der Waals surface area contributed by atoms with Crippen molar-refractivity contribution in [3.05, 3.63) is 16.7 Å². The number of rotatable bonds is 2. The average molecular weight is 268 g/mol. The van der Waals surface area contributed by atoms with E-state index in [0.29, 0.717) is 12.1 Å². The van der Waals surface area contributed by atoms with Crippen LogP contribution in [0, 0.1) is 0 Å². The summed E-state index contributed by atoms with van der Waals surface area (Å²) in [4.78, 5) is 20.9. The Balaban J connectivity index is 2.05. The molecule has 9 nitrogen and oxygen atoms in total. The maximum atomic E-state index is 11.7. The Morgan fingerprint density at radius 1 is 1.63 bits per heavy atom. The molecule has 3 heterocycles. The predicted molar refractivity (Wildman–Crippen MR) is 62.9 cm³/mol. The van der Waals surface area contributed by atoms with E-state index >= 15 is 0 Å². The third-order valence-corrected chi connectivity index (χ3v) is 3.21. The number of aliphatic hydroxyl groups is 2. The zero-order chi connectivity index (χ0) is 13.6. The average Bonchev–Trinajstić information content (AvgIpc) is 2.92. The highest BCUT2D eigenvalue weighted by Crippen LogP contribution is 2.25. The Morgan fingerprint density at radius 3 is 3.11 bits per heavy atom. The number of nitrogens with one attached hydrogen (secondary N) is 2. The Bertz CT molecular complexity index is 665. The fourth-order valence-electron chi connectivity index (χ4n) is 2.26. The Labute approximate surface area is 106 Å². The van der Waals surface area contributed by atoms with E-state index in [0.717, 1.165) is 0 Å². The molecule has 0 bridgehead atoms. The second-order valence-electron chi connectivity index (χ2n) is 4.45. The zero-order valence-electron chi connectivity index (χ0n) is 9.91. The zero-order valence-corrected chi connectivity index (χ0v) is 9.91. The molecule has 19 heavy (non-hydrogen) atoms. The van der Waals surface area contributed by atoms with Crippen LogP contribution in [0.15, 0.2) is 11.1 Å². The molecule has 0 radical (unpaired) electrons. The van der Waals surface area contributed by atoms with Gasteiger partial charge in [0, 0.05) is 6.42 Å². The van der Waals surface area contributed by atoms with Crippen LogP contribution in [0.1, 0.15) is 12.6 Å². The SMILES string of the molecule is Nc1nc2c([nH]c[n+]2[C@H]2C[C@H](O)[C@@H](CO)O2)c(=O)[nH]1. The molecule has 2 aromatic heterocycles. The molecule has 0 unspecified atom stereocenters. The third kappa shape index (κ3) is 1.87. The van der Waals surface area contributed by atoms with Crippen molar-refractivity contribution in [3.8, 4) is 0 Å². The summed E-state index contributed by atoms with van der Waals surface area (Å²) in [6.45, 7) is -0.267. The minimum atomic E-state index is -0.758. The molecular formula is C10H14N5O4+. The molecule has 0 amide bonds. The maximum absolute atomic E-state index is 11.7. The van der Waals surface area contributed by atoms with E-state index in [4.69, 9.17) is 15.6 Å². The summed E-state index contributed by atoms with van der Waals surface area (Å²) >= 11 is 0. The number of anilines is 1. The van der Waals surface area contributed by atoms with E-state index in [-0.39, 0.29) is 23.6 Å². The van der Waals surface area contributed by atoms with Gasteiger partial charge in [0.1, 0.15) is 6.10 Å². The van der Waals surface area contributed by atoms with Gasteiger partial charge < -0.3 is 20.7 Å². The summed E-state index contributed by atoms with van der Waals surface area (Å²) < 4.78 is 7.09. The Hall–Kier alpha value is -1.97. The number of ether oxygens (including phenoxy) is 1. The first-order chi connectivity index (χ1) is 9.10. The van der Waals surface area contributed by atoms with Crippen LogP contribution in [-0.2, 0) is 4.74 Å². The fourth-order valence-corrected chi connectivity index (χ4v) is 2.26. The standard InChI is InChI=1S/C10H13N5O4/c11-10-13-8-7(9(18)14-10)12-3-15(8)6-1-4(17)5(2-16)19-6/h3-6,16-17H,1-2H2,(H3,11,13,14,18)/p+1/t4-,5+,6+/m0/s1. The molecule has 2 aromatic rings. The van der Waals surface area contributed by atoms with Gasteiger partial charge in [-0.05, 0) is 0 Å². The summed E-state index contributed by atoms with van der Waals surface area (Å²) in [6.07, 6.45) is -0.0658. The molecule has 0 saturated carbocycles. The molecule has 0 aromatic carbocycles. The molecule has 0 spiro atoms. The second kappa shape index (κ2) is 4.30. The normalized spacial score (nSPS) is 27.2. The number of nitrogen functional groups attached to an aromatic ring is 1. The molecule has 1 fully saturated rings. The van der Waals surface area contributed by atoms with E-state index in [1.54, 1.807) is 4.57 Å². The molecule has 0 aliphatic carbocycles. The second-order valence-corrected chi connectivity index (χ2v) is 4.45. The molecule has 1 aliphatic heterocycles. The Kier molecular flexibility index (Phi) is 2.73. The lowest BCUT2D eigenvalue weighted by molar-refractivity contribution is -0.738. The highest BCUT2D eigenvalue weighted by atomic mass is 16.5. The lowest BCUT2D eigenvalue weighted by atomic mass is 10.2. The highest BCUT2D eigenvalue weighted by molar-refractivity contribution is 5.65. The highest BCUT2D eigenvalue weighted by Gasteiger charge is 2.38. The van der Waals surface area contributed by atoms with Gasteiger partial charge in [0.2, 0.25) is 5.52 Å². The van der Waals surface area contributed by atoms with Crippen LogP contribution in [0.4, 0.5) is 5.95 Å². The van der Waals surface area contributed by atoms with Gasteiger partial charge in [-0.15, -0.1) is 0 Å². The minimum absolute atomic E-state index is 0.00287. The van der Waals surface area contributed by atoms with Gasteiger partial charge in [0.15, 0.2) is 12.6 Å². The molecule has 3 rings (SSSR count). The summed E-state index contributed by atoms with van der Waals surface area (Å²) in [5, 5.41) is 18.8. The minimum Gasteiger partial charge on any atom is -0.394 e. The first kappa shape index (κ1) is 12.1. The summed E-state index contributed by atoms with van der Waals surface area (Å²) in [6, 6.07) is 0. The van der Waals surface area contributed by atoms with Crippen molar-refractivity contribution < 1.29 is 19.5 Å². The van der Waals surface area contributed by atoms with Crippen molar-refractivity contribution in [2.24, 2.45) is 0 Å². The first-order valence-corrected chi connectivity index (χ1v) is 5.82. The number of H-pyrrole nitrogens is 2. The van der Waals surface area contributed by atoms with Crippen LogP contribution < -0.4 is 15.9 Å². The van der Waals surface area contributed by atoms with E-state index in [9.17, 15) is 9.90 Å². The van der Waals surface area contributed by atoms with Crippen LogP contribution in [0.3, 0.4) is 0 Å². The topological polar surface area (TPSA) is 141 Å². The molecular weight excluding hydrogens is 254 g/mol. The van der Waals surface area contributed by atoms with Gasteiger partial charge in [0.05, 0.1) is 12.7 Å². The summed E-state index contributed by atoms with van der Waals surface area (Å²) in [5.74, 6) is 0.00287. The number of imidazole rings is 1. The van der Waals surface area contributed by atoms with Crippen molar-refractivity contribution in [2.45, 2.75) is 24.9 Å². The first-order valence-electron chi connectivity index (χ1n) is 5.82. The van der Waals surface area contributed by atoms with E-state index < -0.39 is 18.4 Å². The van der Waals surface area contributed by atoms with Gasteiger partial charge in [-0.25, -0.2) is 4.57 Å². The van der Waals surface area contributed by atoms with Crippen LogP contribution in [0.25, 0.3) is 11.2 Å². The van der Waals surface area contributed by atoms with Crippen LogP contribution in [0.2, 0.25) is 0 Å². The number of hydrogen-bond donors (Lipinski definition) is 5. The van der Waals surface area contributed by atoms with Crippen LogP contribution in [0.5, 0.6) is 0 Å². The number of aromatic nitrogens is 4.